The lowest BCUT2D eigenvalue weighted by molar-refractivity contribution is -0.122. The van der Waals surface area contributed by atoms with Gasteiger partial charge >= 0.3 is 0 Å². The van der Waals surface area contributed by atoms with Crippen LogP contribution in [0.3, 0.4) is 0 Å². The quantitative estimate of drug-likeness (QED) is 0.452. The van der Waals surface area contributed by atoms with E-state index in [1.807, 2.05) is 37.3 Å². The maximum absolute atomic E-state index is 13.1. The van der Waals surface area contributed by atoms with Gasteiger partial charge in [0, 0.05) is 18.8 Å². The molecule has 1 saturated heterocycles. The summed E-state index contributed by atoms with van der Waals surface area (Å²) < 4.78 is 0. The number of hydrogen-bond acceptors (Lipinski definition) is 4. The summed E-state index contributed by atoms with van der Waals surface area (Å²) in [7, 11) is 0. The van der Waals surface area contributed by atoms with Crippen LogP contribution < -0.4 is 15.1 Å². The molecule has 2 amide bonds. The monoisotopic (exact) mass is 419 g/mol. The number of carbonyl (C=O) groups excluding carboxylic acids is 2. The molecule has 0 bridgehead atoms. The Bertz CT molecular complexity index is 1040. The van der Waals surface area contributed by atoms with E-state index in [1.54, 1.807) is 6.08 Å². The fourth-order valence-electron chi connectivity index (χ4n) is 3.91. The third-order valence-electron chi connectivity index (χ3n) is 5.58. The zero-order chi connectivity index (χ0) is 21.3. The van der Waals surface area contributed by atoms with Crippen molar-refractivity contribution in [2.75, 3.05) is 22.9 Å². The number of hydrogen-bond donors (Lipinski definition) is 1. The van der Waals surface area contributed by atoms with E-state index >= 15 is 0 Å². The average molecular weight is 420 g/mol. The molecule has 6 heteroatoms. The number of benzene rings is 2. The molecule has 2 aromatic carbocycles. The minimum absolute atomic E-state index is 0.0879. The molecule has 0 aliphatic carbocycles. The Morgan fingerprint density at radius 3 is 2.63 bits per heavy atom. The molecular formula is C24H25N3O2S. The molecule has 0 unspecified atom stereocenters. The summed E-state index contributed by atoms with van der Waals surface area (Å²) in [6.07, 6.45) is 4.99. The summed E-state index contributed by atoms with van der Waals surface area (Å²) in [5.74, 6) is -0.865. The van der Waals surface area contributed by atoms with Crippen LogP contribution in [-0.4, -0.2) is 30.0 Å². The van der Waals surface area contributed by atoms with Crippen LogP contribution in [0.15, 0.2) is 48.0 Å². The minimum Gasteiger partial charge on any atom is -0.371 e. The molecule has 4 rings (SSSR count). The molecule has 2 heterocycles. The van der Waals surface area contributed by atoms with Crippen LogP contribution in [0.4, 0.5) is 11.4 Å². The highest BCUT2D eigenvalue weighted by molar-refractivity contribution is 7.80. The van der Waals surface area contributed by atoms with Crippen molar-refractivity contribution in [2.45, 2.75) is 33.1 Å². The van der Waals surface area contributed by atoms with Crippen LogP contribution in [0, 0.1) is 6.92 Å². The first-order chi connectivity index (χ1) is 14.5. The van der Waals surface area contributed by atoms with Gasteiger partial charge in [-0.15, -0.1) is 0 Å². The molecule has 0 atom stereocenters. The normalized spacial score (nSPS) is 17.5. The van der Waals surface area contributed by atoms with Crippen LogP contribution in [-0.2, 0) is 16.0 Å². The molecule has 0 spiro atoms. The van der Waals surface area contributed by atoms with Crippen molar-refractivity contribution in [3.8, 4) is 0 Å². The number of thiocarbonyl (C=S) groups is 1. The van der Waals surface area contributed by atoms with Gasteiger partial charge in [-0.05, 0) is 73.5 Å². The molecule has 2 aliphatic rings. The Hall–Kier alpha value is -2.99. The van der Waals surface area contributed by atoms with Gasteiger partial charge in [-0.2, -0.15) is 0 Å². The van der Waals surface area contributed by atoms with Gasteiger partial charge in [-0.25, -0.2) is 0 Å². The molecule has 0 saturated carbocycles. The zero-order valence-electron chi connectivity index (χ0n) is 17.3. The Morgan fingerprint density at radius 2 is 1.90 bits per heavy atom. The second-order valence-electron chi connectivity index (χ2n) is 7.77. The number of nitrogens with one attached hydrogen (secondary N) is 1. The van der Waals surface area contributed by atoms with Crippen LogP contribution in [0.1, 0.15) is 36.5 Å². The van der Waals surface area contributed by atoms with Gasteiger partial charge in [0.15, 0.2) is 5.11 Å². The predicted octanol–water partition coefficient (Wildman–Crippen LogP) is 3.99. The van der Waals surface area contributed by atoms with Crippen molar-refractivity contribution < 1.29 is 9.59 Å². The molecule has 30 heavy (non-hydrogen) atoms. The number of unbranched alkanes of at least 4 members (excludes halogenated alkanes) is 1. The maximum Gasteiger partial charge on any atom is 0.270 e. The topological polar surface area (TPSA) is 52.7 Å². The number of aryl methyl sites for hydroxylation is 1. The molecule has 2 aromatic rings. The van der Waals surface area contributed by atoms with Gasteiger partial charge in [0.1, 0.15) is 5.57 Å². The SMILES string of the molecule is CCCCN1CCc2cc(/C=C3\C(=O)NC(=S)N(c4ccc(C)cc4)C3=O)ccc21. The lowest BCUT2D eigenvalue weighted by atomic mass is 10.0. The summed E-state index contributed by atoms with van der Waals surface area (Å²) in [6, 6.07) is 13.6. The fraction of sp³-hybridized carbons (Fsp3) is 0.292. The van der Waals surface area contributed by atoms with Crippen LogP contribution in [0.25, 0.3) is 6.08 Å². The standard InChI is InChI=1S/C24H25N3O2S/c1-3-4-12-26-13-11-18-14-17(7-10-21(18)26)15-20-22(28)25-24(30)27(23(20)29)19-8-5-16(2)6-9-19/h5-10,14-15H,3-4,11-13H2,1-2H3,(H,25,28,30)/b20-15+. The Labute approximate surface area is 182 Å². The highest BCUT2D eigenvalue weighted by Gasteiger charge is 2.34. The minimum atomic E-state index is -0.460. The van der Waals surface area contributed by atoms with E-state index in [9.17, 15) is 9.59 Å². The first-order valence-electron chi connectivity index (χ1n) is 10.3. The fourth-order valence-corrected chi connectivity index (χ4v) is 4.19. The van der Waals surface area contributed by atoms with E-state index in [1.165, 1.54) is 29.0 Å². The molecule has 0 radical (unpaired) electrons. The molecular weight excluding hydrogens is 394 g/mol. The molecule has 0 aromatic heterocycles. The molecule has 1 fully saturated rings. The maximum atomic E-state index is 13.1. The largest absolute Gasteiger partial charge is 0.371 e. The molecule has 154 valence electrons. The Kier molecular flexibility index (Phi) is 5.68. The van der Waals surface area contributed by atoms with Gasteiger partial charge in [-0.3, -0.25) is 19.8 Å². The van der Waals surface area contributed by atoms with Crippen molar-refractivity contribution in [1.29, 1.82) is 0 Å². The van der Waals surface area contributed by atoms with Crippen molar-refractivity contribution in [3.05, 3.63) is 64.7 Å². The molecule has 5 nitrogen and oxygen atoms in total. The zero-order valence-corrected chi connectivity index (χ0v) is 18.1. The first kappa shape index (κ1) is 20.3. The highest BCUT2D eigenvalue weighted by atomic mass is 32.1. The van der Waals surface area contributed by atoms with Crippen LogP contribution >= 0.6 is 12.2 Å². The number of carbonyl (C=O) groups is 2. The van der Waals surface area contributed by atoms with Crippen LogP contribution in [0.5, 0.6) is 0 Å². The highest BCUT2D eigenvalue weighted by Crippen LogP contribution is 2.30. The third-order valence-corrected chi connectivity index (χ3v) is 5.87. The smallest absolute Gasteiger partial charge is 0.270 e. The number of nitrogens with zero attached hydrogens (tertiary/aromatic N) is 2. The van der Waals surface area contributed by atoms with E-state index in [4.69, 9.17) is 12.2 Å². The van der Waals surface area contributed by atoms with E-state index in [0.29, 0.717) is 5.69 Å². The number of rotatable bonds is 5. The summed E-state index contributed by atoms with van der Waals surface area (Å²) in [6.45, 7) is 6.26. The van der Waals surface area contributed by atoms with Gasteiger partial charge < -0.3 is 4.90 Å². The Morgan fingerprint density at radius 1 is 1.13 bits per heavy atom. The second kappa shape index (κ2) is 8.40. The summed E-state index contributed by atoms with van der Waals surface area (Å²) in [4.78, 5) is 29.5. The molecule has 2 aliphatic heterocycles. The van der Waals surface area contributed by atoms with Crippen molar-refractivity contribution >= 4 is 46.6 Å². The summed E-state index contributed by atoms with van der Waals surface area (Å²) >= 11 is 5.27. The second-order valence-corrected chi connectivity index (χ2v) is 8.16. The van der Waals surface area contributed by atoms with Crippen LogP contribution in [0.2, 0.25) is 0 Å². The van der Waals surface area contributed by atoms with Gasteiger partial charge in [0.05, 0.1) is 5.69 Å². The predicted molar refractivity (Wildman–Crippen MR) is 125 cm³/mol. The summed E-state index contributed by atoms with van der Waals surface area (Å²) in [5.41, 5.74) is 5.18. The summed E-state index contributed by atoms with van der Waals surface area (Å²) in [5, 5.41) is 2.75. The lowest BCUT2D eigenvalue weighted by Crippen LogP contribution is -2.54. The Balaban J connectivity index is 1.62. The van der Waals surface area contributed by atoms with Gasteiger partial charge in [0.25, 0.3) is 11.8 Å². The number of amides is 2. The van der Waals surface area contributed by atoms with Gasteiger partial charge in [-0.1, -0.05) is 37.1 Å². The van der Waals surface area contributed by atoms with E-state index in [2.05, 4.69) is 29.3 Å². The number of anilines is 2. The number of fused-ring (bicyclic) bond motifs is 1. The third kappa shape index (κ3) is 3.87. The van der Waals surface area contributed by atoms with E-state index in [-0.39, 0.29) is 10.7 Å². The van der Waals surface area contributed by atoms with Crippen molar-refractivity contribution in [1.82, 2.24) is 5.32 Å². The molecule has 1 N–H and O–H groups in total. The lowest BCUT2D eigenvalue weighted by Gasteiger charge is -2.29. The van der Waals surface area contributed by atoms with E-state index in [0.717, 1.165) is 30.6 Å². The van der Waals surface area contributed by atoms with Crippen molar-refractivity contribution in [2.24, 2.45) is 0 Å². The van der Waals surface area contributed by atoms with E-state index < -0.39 is 11.8 Å². The van der Waals surface area contributed by atoms with Crippen molar-refractivity contribution in [3.63, 3.8) is 0 Å². The average Bonchev–Trinajstić information content (AvgIpc) is 3.13. The van der Waals surface area contributed by atoms with Gasteiger partial charge in [0.2, 0.25) is 0 Å². The first-order valence-corrected chi connectivity index (χ1v) is 10.7.